The summed E-state index contributed by atoms with van der Waals surface area (Å²) >= 11 is 6.28. The van der Waals surface area contributed by atoms with Crippen molar-refractivity contribution in [3.05, 3.63) is 94.8 Å². The van der Waals surface area contributed by atoms with Crippen LogP contribution in [0.25, 0.3) is 0 Å². The molecule has 1 fully saturated rings. The summed E-state index contributed by atoms with van der Waals surface area (Å²) in [6.45, 7) is -1.03. The monoisotopic (exact) mass is 423 g/mol. The number of rotatable bonds is 5. The Labute approximate surface area is 178 Å². The number of carbonyl (C=O) groups is 1. The number of pyridine rings is 1. The Hall–Kier alpha value is -3.09. The summed E-state index contributed by atoms with van der Waals surface area (Å²) in [7, 11) is 0. The first-order valence-corrected chi connectivity index (χ1v) is 9.79. The Bertz CT molecular complexity index is 1030. The number of aromatic nitrogens is 1. The number of alkyl halides is 1. The van der Waals surface area contributed by atoms with Crippen LogP contribution in [0.4, 0.5) is 10.1 Å². The van der Waals surface area contributed by atoms with Crippen LogP contribution in [0.5, 0.6) is 0 Å². The second kappa shape index (κ2) is 8.73. The maximum absolute atomic E-state index is 14.1. The van der Waals surface area contributed by atoms with Crippen LogP contribution in [0.3, 0.4) is 0 Å². The number of ether oxygens (including phenoxy) is 1. The molecule has 30 heavy (non-hydrogen) atoms. The molecule has 1 aliphatic rings. The maximum atomic E-state index is 14.1. The fourth-order valence-electron chi connectivity index (χ4n) is 3.40. The SMILES string of the molecule is O=C1COCC(CF)(c2cc(N=C(c3ccccc3)c3ccccc3)cnc2Cl)N1. The van der Waals surface area contributed by atoms with Gasteiger partial charge in [0.15, 0.2) is 0 Å². The Kier molecular flexibility index (Phi) is 5.88. The van der Waals surface area contributed by atoms with Gasteiger partial charge in [0.05, 0.1) is 24.2 Å². The molecule has 1 N–H and O–H groups in total. The zero-order chi connectivity index (χ0) is 21.0. The molecular formula is C23H19ClFN3O2. The Morgan fingerprint density at radius 1 is 1.13 bits per heavy atom. The largest absolute Gasteiger partial charge is 0.369 e. The predicted octanol–water partition coefficient (Wildman–Crippen LogP) is 4.22. The lowest BCUT2D eigenvalue weighted by Gasteiger charge is -2.36. The van der Waals surface area contributed by atoms with E-state index in [1.807, 2.05) is 60.7 Å². The minimum absolute atomic E-state index is 0.0337. The van der Waals surface area contributed by atoms with Gasteiger partial charge in [-0.2, -0.15) is 0 Å². The van der Waals surface area contributed by atoms with Gasteiger partial charge in [-0.3, -0.25) is 4.79 Å². The van der Waals surface area contributed by atoms with Gasteiger partial charge in [-0.05, 0) is 6.07 Å². The van der Waals surface area contributed by atoms with E-state index in [1.54, 1.807) is 6.07 Å². The zero-order valence-corrected chi connectivity index (χ0v) is 16.8. The van der Waals surface area contributed by atoms with Gasteiger partial charge >= 0.3 is 0 Å². The van der Waals surface area contributed by atoms with Crippen molar-refractivity contribution < 1.29 is 13.9 Å². The lowest BCUT2D eigenvalue weighted by molar-refractivity contribution is -0.136. The third-order valence-electron chi connectivity index (χ3n) is 4.86. The normalized spacial score (nSPS) is 18.5. The van der Waals surface area contributed by atoms with Crippen LogP contribution in [0.1, 0.15) is 16.7 Å². The highest BCUT2D eigenvalue weighted by Crippen LogP contribution is 2.33. The quantitative estimate of drug-likeness (QED) is 0.493. The lowest BCUT2D eigenvalue weighted by atomic mass is 9.92. The summed E-state index contributed by atoms with van der Waals surface area (Å²) in [5.74, 6) is -0.405. The number of nitrogens with one attached hydrogen (secondary N) is 1. The predicted molar refractivity (Wildman–Crippen MR) is 114 cm³/mol. The van der Waals surface area contributed by atoms with Crippen LogP contribution in [0.15, 0.2) is 77.9 Å². The van der Waals surface area contributed by atoms with E-state index >= 15 is 0 Å². The fraction of sp³-hybridized carbons (Fsp3) is 0.174. The topological polar surface area (TPSA) is 63.6 Å². The van der Waals surface area contributed by atoms with Crippen molar-refractivity contribution in [3.63, 3.8) is 0 Å². The average Bonchev–Trinajstić information content (AvgIpc) is 2.79. The molecular weight excluding hydrogens is 405 g/mol. The molecule has 7 heteroatoms. The molecule has 2 aromatic carbocycles. The van der Waals surface area contributed by atoms with Gasteiger partial charge < -0.3 is 10.1 Å². The number of hydrogen-bond acceptors (Lipinski definition) is 4. The molecule has 1 saturated heterocycles. The van der Waals surface area contributed by atoms with Crippen molar-refractivity contribution in [2.45, 2.75) is 5.54 Å². The van der Waals surface area contributed by atoms with E-state index in [9.17, 15) is 9.18 Å². The lowest BCUT2D eigenvalue weighted by Crippen LogP contribution is -2.56. The minimum atomic E-state index is -1.38. The van der Waals surface area contributed by atoms with E-state index in [4.69, 9.17) is 21.3 Å². The molecule has 0 saturated carbocycles. The standard InChI is InChI=1S/C23H19ClFN3O2/c24-22-19(23(14-25)15-30-13-20(29)28-23)11-18(12-26-22)27-21(16-7-3-1-4-8-16)17-9-5-2-6-10-17/h1-12H,13-15H2,(H,28,29). The minimum Gasteiger partial charge on any atom is -0.369 e. The molecule has 2 heterocycles. The maximum Gasteiger partial charge on any atom is 0.246 e. The molecule has 1 atom stereocenters. The van der Waals surface area contributed by atoms with Gasteiger partial charge in [0.25, 0.3) is 0 Å². The zero-order valence-electron chi connectivity index (χ0n) is 16.0. The summed E-state index contributed by atoms with van der Waals surface area (Å²) < 4.78 is 19.4. The average molecular weight is 424 g/mol. The van der Waals surface area contributed by atoms with Crippen LogP contribution >= 0.6 is 11.6 Å². The van der Waals surface area contributed by atoms with Crippen molar-refractivity contribution >= 4 is 28.9 Å². The van der Waals surface area contributed by atoms with E-state index in [1.165, 1.54) is 6.20 Å². The van der Waals surface area contributed by atoms with E-state index in [-0.39, 0.29) is 18.4 Å². The van der Waals surface area contributed by atoms with Gasteiger partial charge in [0.1, 0.15) is 24.0 Å². The molecule has 3 aromatic rings. The molecule has 1 aliphatic heterocycles. The highest BCUT2D eigenvalue weighted by atomic mass is 35.5. The highest BCUT2D eigenvalue weighted by molar-refractivity contribution is 6.30. The molecule has 1 unspecified atom stereocenters. The first-order chi connectivity index (χ1) is 14.6. The van der Waals surface area contributed by atoms with Crippen molar-refractivity contribution in [3.8, 4) is 0 Å². The third-order valence-corrected chi connectivity index (χ3v) is 5.17. The van der Waals surface area contributed by atoms with Gasteiger partial charge in [-0.25, -0.2) is 14.4 Å². The molecule has 1 amide bonds. The molecule has 4 rings (SSSR count). The molecule has 0 spiro atoms. The van der Waals surface area contributed by atoms with Gasteiger partial charge in [0.2, 0.25) is 5.91 Å². The summed E-state index contributed by atoms with van der Waals surface area (Å²) in [5.41, 5.74) is 2.03. The van der Waals surface area contributed by atoms with Crippen molar-refractivity contribution in [2.24, 2.45) is 4.99 Å². The van der Waals surface area contributed by atoms with E-state index in [0.29, 0.717) is 11.3 Å². The molecule has 152 valence electrons. The van der Waals surface area contributed by atoms with Crippen LogP contribution in [0, 0.1) is 0 Å². The smallest absolute Gasteiger partial charge is 0.246 e. The summed E-state index contributed by atoms with van der Waals surface area (Å²) in [6.07, 6.45) is 1.52. The number of halogens is 2. The number of aliphatic imine (C=N–C) groups is 1. The first-order valence-electron chi connectivity index (χ1n) is 9.41. The number of amides is 1. The third kappa shape index (κ3) is 4.10. The van der Waals surface area contributed by atoms with Gasteiger partial charge in [-0.15, -0.1) is 0 Å². The van der Waals surface area contributed by atoms with E-state index in [2.05, 4.69) is 10.3 Å². The van der Waals surface area contributed by atoms with Crippen LogP contribution < -0.4 is 5.32 Å². The Balaban J connectivity index is 1.82. The van der Waals surface area contributed by atoms with Crippen LogP contribution in [-0.4, -0.2) is 36.5 Å². The molecule has 5 nitrogen and oxygen atoms in total. The van der Waals surface area contributed by atoms with Crippen LogP contribution in [-0.2, 0) is 15.1 Å². The fourth-order valence-corrected chi connectivity index (χ4v) is 3.68. The highest BCUT2D eigenvalue weighted by Gasteiger charge is 2.40. The summed E-state index contributed by atoms with van der Waals surface area (Å²) in [5, 5.41) is 2.76. The summed E-state index contributed by atoms with van der Waals surface area (Å²) in [6, 6.07) is 21.1. The second-order valence-electron chi connectivity index (χ2n) is 6.98. The molecule has 0 radical (unpaired) electrons. The Morgan fingerprint density at radius 2 is 1.77 bits per heavy atom. The van der Waals surface area contributed by atoms with Crippen molar-refractivity contribution in [2.75, 3.05) is 19.9 Å². The number of benzene rings is 2. The molecule has 0 bridgehead atoms. The number of hydrogen-bond donors (Lipinski definition) is 1. The number of carbonyl (C=O) groups excluding carboxylic acids is 1. The van der Waals surface area contributed by atoms with Crippen molar-refractivity contribution in [1.82, 2.24) is 10.3 Å². The second-order valence-corrected chi connectivity index (χ2v) is 7.34. The van der Waals surface area contributed by atoms with Gasteiger partial charge in [-0.1, -0.05) is 72.3 Å². The van der Waals surface area contributed by atoms with E-state index < -0.39 is 18.1 Å². The van der Waals surface area contributed by atoms with Gasteiger partial charge in [0, 0.05) is 16.7 Å². The van der Waals surface area contributed by atoms with E-state index in [0.717, 1.165) is 16.8 Å². The van der Waals surface area contributed by atoms with Crippen molar-refractivity contribution in [1.29, 1.82) is 0 Å². The Morgan fingerprint density at radius 3 is 2.33 bits per heavy atom. The molecule has 1 aromatic heterocycles. The number of morpholine rings is 1. The molecule has 0 aliphatic carbocycles. The van der Waals surface area contributed by atoms with Crippen LogP contribution in [0.2, 0.25) is 5.15 Å². The summed E-state index contributed by atoms with van der Waals surface area (Å²) in [4.78, 5) is 20.9. The first kappa shape index (κ1) is 20.2. The number of nitrogens with zero attached hydrogens (tertiary/aromatic N) is 2.